The molecule has 3 heterocycles. The van der Waals surface area contributed by atoms with Gasteiger partial charge in [0.25, 0.3) is 0 Å². The fourth-order valence-corrected chi connectivity index (χ4v) is 3.39. The van der Waals surface area contributed by atoms with Gasteiger partial charge in [0.2, 0.25) is 5.95 Å². The standard InChI is InChI=1S/C14H20ClN3O2/c1-14(19)4-6-20-9-11(14)12-3-2-5-18(12)13-16-7-10(15)8-17-13/h7-8,11-12,19H,2-6,9H2,1H3. The average Bonchev–Trinajstić information content (AvgIpc) is 2.88. The van der Waals surface area contributed by atoms with Crippen LogP contribution in [0.25, 0.3) is 0 Å². The van der Waals surface area contributed by atoms with Crippen molar-refractivity contribution in [2.24, 2.45) is 5.92 Å². The van der Waals surface area contributed by atoms with E-state index in [4.69, 9.17) is 16.3 Å². The van der Waals surface area contributed by atoms with Crippen LogP contribution in [0.5, 0.6) is 0 Å². The van der Waals surface area contributed by atoms with Crippen LogP contribution in [0.2, 0.25) is 5.02 Å². The number of nitrogens with zero attached hydrogens (tertiary/aromatic N) is 3. The van der Waals surface area contributed by atoms with E-state index in [0.717, 1.165) is 19.4 Å². The van der Waals surface area contributed by atoms with E-state index in [1.54, 1.807) is 12.4 Å². The van der Waals surface area contributed by atoms with Gasteiger partial charge < -0.3 is 14.7 Å². The Bertz CT molecular complexity index is 466. The van der Waals surface area contributed by atoms with E-state index in [-0.39, 0.29) is 12.0 Å². The zero-order valence-electron chi connectivity index (χ0n) is 11.6. The Labute approximate surface area is 123 Å². The SMILES string of the molecule is CC1(O)CCOCC1C1CCCN1c1ncc(Cl)cn1. The van der Waals surface area contributed by atoms with Gasteiger partial charge in [-0.05, 0) is 26.2 Å². The molecule has 0 saturated carbocycles. The molecule has 6 heteroatoms. The summed E-state index contributed by atoms with van der Waals surface area (Å²) in [6.45, 7) is 4.06. The number of hydrogen-bond donors (Lipinski definition) is 1. The lowest BCUT2D eigenvalue weighted by Crippen LogP contribution is -2.52. The van der Waals surface area contributed by atoms with Gasteiger partial charge in [0.15, 0.2) is 0 Å². The maximum absolute atomic E-state index is 10.6. The van der Waals surface area contributed by atoms with Gasteiger partial charge in [0.05, 0.1) is 29.6 Å². The Kier molecular flexibility index (Phi) is 3.84. The predicted octanol–water partition coefficient (Wildman–Crippen LogP) is 1.89. The molecule has 5 nitrogen and oxygen atoms in total. The lowest BCUT2D eigenvalue weighted by molar-refractivity contribution is -0.108. The quantitative estimate of drug-likeness (QED) is 0.903. The predicted molar refractivity (Wildman–Crippen MR) is 77.0 cm³/mol. The molecule has 3 atom stereocenters. The van der Waals surface area contributed by atoms with Crippen LogP contribution in [0.1, 0.15) is 26.2 Å². The van der Waals surface area contributed by atoms with Gasteiger partial charge in [0.1, 0.15) is 0 Å². The van der Waals surface area contributed by atoms with Gasteiger partial charge in [-0.25, -0.2) is 9.97 Å². The molecule has 2 aliphatic heterocycles. The lowest BCUT2D eigenvalue weighted by Gasteiger charge is -2.43. The molecule has 1 aromatic rings. The second-order valence-corrected chi connectivity index (χ2v) is 6.33. The third kappa shape index (κ3) is 2.62. The van der Waals surface area contributed by atoms with Gasteiger partial charge in [-0.3, -0.25) is 0 Å². The van der Waals surface area contributed by atoms with Crippen LogP contribution in [0.4, 0.5) is 5.95 Å². The first-order chi connectivity index (χ1) is 9.58. The summed E-state index contributed by atoms with van der Waals surface area (Å²) < 4.78 is 5.58. The smallest absolute Gasteiger partial charge is 0.225 e. The van der Waals surface area contributed by atoms with E-state index in [1.165, 1.54) is 0 Å². The summed E-state index contributed by atoms with van der Waals surface area (Å²) >= 11 is 5.85. The molecule has 0 amide bonds. The summed E-state index contributed by atoms with van der Waals surface area (Å²) in [7, 11) is 0. The molecule has 0 bridgehead atoms. The van der Waals surface area contributed by atoms with E-state index >= 15 is 0 Å². The van der Waals surface area contributed by atoms with Crippen molar-refractivity contribution in [2.45, 2.75) is 37.8 Å². The summed E-state index contributed by atoms with van der Waals surface area (Å²) in [4.78, 5) is 10.8. The molecule has 2 fully saturated rings. The van der Waals surface area contributed by atoms with Gasteiger partial charge in [-0.2, -0.15) is 0 Å². The second kappa shape index (κ2) is 5.47. The first kappa shape index (κ1) is 14.0. The minimum Gasteiger partial charge on any atom is -0.390 e. The highest BCUT2D eigenvalue weighted by atomic mass is 35.5. The van der Waals surface area contributed by atoms with Crippen molar-refractivity contribution >= 4 is 17.5 Å². The first-order valence-electron chi connectivity index (χ1n) is 7.12. The lowest BCUT2D eigenvalue weighted by atomic mass is 9.79. The highest BCUT2D eigenvalue weighted by Crippen LogP contribution is 2.37. The molecule has 1 N–H and O–H groups in total. The van der Waals surface area contributed by atoms with Gasteiger partial charge >= 0.3 is 0 Å². The summed E-state index contributed by atoms with van der Waals surface area (Å²) in [5.74, 6) is 0.788. The van der Waals surface area contributed by atoms with Gasteiger partial charge in [-0.1, -0.05) is 11.6 Å². The van der Waals surface area contributed by atoms with Crippen molar-refractivity contribution in [3.05, 3.63) is 17.4 Å². The zero-order chi connectivity index (χ0) is 14.2. The molecular formula is C14H20ClN3O2. The van der Waals surface area contributed by atoms with Crippen molar-refractivity contribution in [2.75, 3.05) is 24.7 Å². The van der Waals surface area contributed by atoms with E-state index in [0.29, 0.717) is 30.6 Å². The minimum atomic E-state index is -0.683. The Balaban J connectivity index is 1.83. The molecule has 2 aliphatic rings. The number of aliphatic hydroxyl groups is 1. The van der Waals surface area contributed by atoms with Crippen LogP contribution in [0, 0.1) is 5.92 Å². The van der Waals surface area contributed by atoms with E-state index in [9.17, 15) is 5.11 Å². The van der Waals surface area contributed by atoms with Crippen LogP contribution in [-0.2, 0) is 4.74 Å². The Hall–Kier alpha value is -0.910. The molecule has 0 aliphatic carbocycles. The first-order valence-corrected chi connectivity index (χ1v) is 7.50. The average molecular weight is 298 g/mol. The van der Waals surface area contributed by atoms with Crippen molar-refractivity contribution in [1.82, 2.24) is 9.97 Å². The van der Waals surface area contributed by atoms with Gasteiger partial charge in [-0.15, -0.1) is 0 Å². The monoisotopic (exact) mass is 297 g/mol. The number of ether oxygens (including phenoxy) is 1. The number of aromatic nitrogens is 2. The van der Waals surface area contributed by atoms with Crippen LogP contribution in [0.3, 0.4) is 0 Å². The molecular weight excluding hydrogens is 278 g/mol. The number of hydrogen-bond acceptors (Lipinski definition) is 5. The zero-order valence-corrected chi connectivity index (χ0v) is 12.4. The Morgan fingerprint density at radius 1 is 1.45 bits per heavy atom. The third-order valence-electron chi connectivity index (χ3n) is 4.48. The molecule has 3 rings (SSSR count). The molecule has 0 radical (unpaired) electrons. The largest absolute Gasteiger partial charge is 0.390 e. The Morgan fingerprint density at radius 2 is 2.20 bits per heavy atom. The number of anilines is 1. The maximum Gasteiger partial charge on any atom is 0.225 e. The summed E-state index contributed by atoms with van der Waals surface area (Å²) in [5, 5.41) is 11.2. The summed E-state index contributed by atoms with van der Waals surface area (Å²) in [5.41, 5.74) is -0.683. The van der Waals surface area contributed by atoms with E-state index in [1.807, 2.05) is 6.92 Å². The topological polar surface area (TPSA) is 58.5 Å². The summed E-state index contributed by atoms with van der Waals surface area (Å²) in [6, 6.07) is 0.228. The fraction of sp³-hybridized carbons (Fsp3) is 0.714. The molecule has 0 spiro atoms. The molecule has 110 valence electrons. The highest BCUT2D eigenvalue weighted by Gasteiger charge is 2.44. The fourth-order valence-electron chi connectivity index (χ4n) is 3.29. The molecule has 3 unspecified atom stereocenters. The molecule has 2 saturated heterocycles. The van der Waals surface area contributed by atoms with Crippen molar-refractivity contribution in [1.29, 1.82) is 0 Å². The maximum atomic E-state index is 10.6. The van der Waals surface area contributed by atoms with E-state index < -0.39 is 5.60 Å². The van der Waals surface area contributed by atoms with Crippen molar-refractivity contribution < 1.29 is 9.84 Å². The molecule has 1 aromatic heterocycles. The minimum absolute atomic E-state index is 0.0954. The van der Waals surface area contributed by atoms with Crippen molar-refractivity contribution in [3.8, 4) is 0 Å². The van der Waals surface area contributed by atoms with Crippen LogP contribution in [0.15, 0.2) is 12.4 Å². The van der Waals surface area contributed by atoms with E-state index in [2.05, 4.69) is 14.9 Å². The highest BCUT2D eigenvalue weighted by molar-refractivity contribution is 6.30. The Morgan fingerprint density at radius 3 is 2.90 bits per heavy atom. The molecule has 0 aromatic carbocycles. The summed E-state index contributed by atoms with van der Waals surface area (Å²) in [6.07, 6.45) is 6.05. The number of rotatable bonds is 2. The molecule has 20 heavy (non-hydrogen) atoms. The second-order valence-electron chi connectivity index (χ2n) is 5.89. The van der Waals surface area contributed by atoms with Gasteiger partial charge in [0, 0.05) is 25.1 Å². The third-order valence-corrected chi connectivity index (χ3v) is 4.67. The number of halogens is 1. The van der Waals surface area contributed by atoms with Crippen LogP contribution in [-0.4, -0.2) is 46.5 Å². The normalized spacial score (nSPS) is 34.5. The van der Waals surface area contributed by atoms with Crippen LogP contribution < -0.4 is 4.90 Å². The van der Waals surface area contributed by atoms with Crippen molar-refractivity contribution in [3.63, 3.8) is 0 Å². The van der Waals surface area contributed by atoms with Crippen LogP contribution >= 0.6 is 11.6 Å².